The molecule has 1 N–H and O–H groups in total. The van der Waals surface area contributed by atoms with Crippen molar-refractivity contribution in [3.63, 3.8) is 0 Å². The lowest BCUT2D eigenvalue weighted by molar-refractivity contribution is 0.584. The minimum atomic E-state index is -3.70. The normalized spacial score (nSPS) is 11.1. The van der Waals surface area contributed by atoms with Gasteiger partial charge in [-0.05, 0) is 37.8 Å². The highest BCUT2D eigenvalue weighted by molar-refractivity contribution is 7.89. The second-order valence-electron chi connectivity index (χ2n) is 3.39. The Bertz CT molecular complexity index is 654. The highest BCUT2D eigenvalue weighted by atomic mass is 32.2. The predicted octanol–water partition coefficient (Wildman–Crippen LogP) is 1.29. The molecule has 18 heavy (non-hydrogen) atoms. The smallest absolute Gasteiger partial charge is 0.200 e. The van der Waals surface area contributed by atoms with E-state index in [0.717, 1.165) is 5.56 Å². The highest BCUT2D eigenvalue weighted by Gasteiger charge is 2.12. The number of hydrazone groups is 1. The van der Waals surface area contributed by atoms with Gasteiger partial charge in [-0.25, -0.2) is 0 Å². The van der Waals surface area contributed by atoms with Crippen LogP contribution in [0, 0.1) is 31.1 Å². The van der Waals surface area contributed by atoms with Crippen LogP contribution in [0.5, 0.6) is 0 Å². The maximum Gasteiger partial charge on any atom is 0.276 e. The van der Waals surface area contributed by atoms with Gasteiger partial charge in [0.2, 0.25) is 0 Å². The third-order valence-electron chi connectivity index (χ3n) is 1.99. The van der Waals surface area contributed by atoms with E-state index < -0.39 is 10.0 Å². The molecule has 0 aliphatic carbocycles. The van der Waals surface area contributed by atoms with Crippen LogP contribution in [0.1, 0.15) is 12.5 Å². The highest BCUT2D eigenvalue weighted by Crippen LogP contribution is 2.09. The van der Waals surface area contributed by atoms with Crippen LogP contribution in [-0.4, -0.2) is 14.1 Å². The molecule has 0 aromatic heterocycles. The second-order valence-corrected chi connectivity index (χ2v) is 5.05. The summed E-state index contributed by atoms with van der Waals surface area (Å²) >= 11 is 0. The summed E-state index contributed by atoms with van der Waals surface area (Å²) in [5.41, 5.74) is 1.01. The maximum absolute atomic E-state index is 11.8. The Kier molecular flexibility index (Phi) is 4.53. The fourth-order valence-corrected chi connectivity index (χ4v) is 1.90. The molecule has 0 fully saturated rings. The van der Waals surface area contributed by atoms with Crippen molar-refractivity contribution >= 4 is 15.7 Å². The molecule has 1 aromatic carbocycles. The number of hydrogen-bond donors (Lipinski definition) is 1. The number of benzene rings is 1. The van der Waals surface area contributed by atoms with Gasteiger partial charge in [0.15, 0.2) is 5.71 Å². The van der Waals surface area contributed by atoms with E-state index in [0.29, 0.717) is 0 Å². The van der Waals surface area contributed by atoms with Gasteiger partial charge in [-0.1, -0.05) is 23.6 Å². The van der Waals surface area contributed by atoms with Crippen LogP contribution >= 0.6 is 0 Å². The summed E-state index contributed by atoms with van der Waals surface area (Å²) in [7, 11) is -3.70. The molecule has 5 heteroatoms. The number of rotatable bonds is 3. The summed E-state index contributed by atoms with van der Waals surface area (Å²) < 4.78 is 23.7. The summed E-state index contributed by atoms with van der Waals surface area (Å²) in [4.78, 5) is 2.17. The minimum absolute atomic E-state index is 0.0354. The van der Waals surface area contributed by atoms with Crippen molar-refractivity contribution in [2.75, 3.05) is 0 Å². The standard InChI is InChI=1S/C13H12N2O2S/c1-4-6-12(5-2)14-15-18(16,17)13-9-7-11(3)8-10-13/h2,7-10,15H,1,3H3/b14-12-. The second kappa shape index (κ2) is 5.90. The summed E-state index contributed by atoms with van der Waals surface area (Å²) in [6, 6.07) is 6.39. The molecule has 4 nitrogen and oxygen atoms in total. The molecule has 0 saturated heterocycles. The molecule has 0 spiro atoms. The minimum Gasteiger partial charge on any atom is -0.200 e. The number of nitrogens with zero attached hydrogens (tertiary/aromatic N) is 1. The third-order valence-corrected chi connectivity index (χ3v) is 3.21. The molecule has 0 heterocycles. The van der Waals surface area contributed by atoms with Crippen molar-refractivity contribution in [2.45, 2.75) is 18.7 Å². The van der Waals surface area contributed by atoms with Crippen molar-refractivity contribution in [2.24, 2.45) is 5.10 Å². The van der Waals surface area contributed by atoms with Gasteiger partial charge in [0.1, 0.15) is 0 Å². The Morgan fingerprint density at radius 1 is 1.33 bits per heavy atom. The van der Waals surface area contributed by atoms with Crippen molar-refractivity contribution in [1.82, 2.24) is 4.83 Å². The van der Waals surface area contributed by atoms with E-state index >= 15 is 0 Å². The van der Waals surface area contributed by atoms with Crippen LogP contribution < -0.4 is 4.83 Å². The Balaban J connectivity index is 2.99. The summed E-state index contributed by atoms with van der Waals surface area (Å²) in [5, 5.41) is 3.57. The Labute approximate surface area is 107 Å². The lowest BCUT2D eigenvalue weighted by Gasteiger charge is -2.03. The van der Waals surface area contributed by atoms with Crippen LogP contribution in [0.3, 0.4) is 0 Å². The molecule has 0 aliphatic rings. The topological polar surface area (TPSA) is 58.5 Å². The van der Waals surface area contributed by atoms with Crippen molar-refractivity contribution in [3.8, 4) is 24.2 Å². The Hall–Kier alpha value is -2.24. The van der Waals surface area contributed by atoms with Gasteiger partial charge < -0.3 is 0 Å². The molecule has 1 aromatic rings. The maximum atomic E-state index is 11.8. The summed E-state index contributed by atoms with van der Waals surface area (Å²) in [6.07, 6.45) is 5.13. The van der Waals surface area contributed by atoms with Crippen LogP contribution in [-0.2, 0) is 10.0 Å². The third kappa shape index (κ3) is 3.65. The van der Waals surface area contributed by atoms with Gasteiger partial charge in [-0.15, -0.1) is 11.5 Å². The quantitative estimate of drug-likeness (QED) is 0.506. The SMILES string of the molecule is C#C/C(C#CC)=N/NS(=O)(=O)c1ccc(C)cc1. The molecule has 0 unspecified atom stereocenters. The van der Waals surface area contributed by atoms with Crippen LogP contribution in [0.15, 0.2) is 34.3 Å². The molecule has 0 saturated carbocycles. The monoisotopic (exact) mass is 260 g/mol. The first kappa shape index (κ1) is 13.8. The van der Waals surface area contributed by atoms with E-state index in [-0.39, 0.29) is 10.6 Å². The van der Waals surface area contributed by atoms with Crippen LogP contribution in [0.4, 0.5) is 0 Å². The van der Waals surface area contributed by atoms with Gasteiger partial charge in [0.05, 0.1) is 4.90 Å². The lowest BCUT2D eigenvalue weighted by atomic mass is 10.2. The predicted molar refractivity (Wildman–Crippen MR) is 71.2 cm³/mol. The largest absolute Gasteiger partial charge is 0.276 e. The zero-order valence-electron chi connectivity index (χ0n) is 10.1. The summed E-state index contributed by atoms with van der Waals surface area (Å²) in [5.74, 6) is 7.23. The molecule has 0 atom stereocenters. The number of terminal acetylenes is 1. The molecule has 0 bridgehead atoms. The number of nitrogens with one attached hydrogen (secondary N) is 1. The van der Waals surface area contributed by atoms with Gasteiger partial charge in [-0.2, -0.15) is 13.2 Å². The summed E-state index contributed by atoms with van der Waals surface area (Å²) in [6.45, 7) is 3.45. The average Bonchev–Trinajstić information content (AvgIpc) is 2.35. The van der Waals surface area contributed by atoms with E-state index in [2.05, 4.69) is 22.9 Å². The molecule has 0 aliphatic heterocycles. The van der Waals surface area contributed by atoms with E-state index in [1.807, 2.05) is 11.8 Å². The van der Waals surface area contributed by atoms with E-state index in [9.17, 15) is 8.42 Å². The molecule has 0 radical (unpaired) electrons. The van der Waals surface area contributed by atoms with Crippen molar-refractivity contribution < 1.29 is 8.42 Å². The van der Waals surface area contributed by atoms with E-state index in [4.69, 9.17) is 6.42 Å². The Morgan fingerprint density at radius 2 is 1.94 bits per heavy atom. The molecular weight excluding hydrogens is 248 g/mol. The fraction of sp³-hybridized carbons (Fsp3) is 0.154. The van der Waals surface area contributed by atoms with Crippen LogP contribution in [0.25, 0.3) is 0 Å². The van der Waals surface area contributed by atoms with Gasteiger partial charge >= 0.3 is 0 Å². The Morgan fingerprint density at radius 3 is 2.44 bits per heavy atom. The lowest BCUT2D eigenvalue weighted by Crippen LogP contribution is -2.19. The zero-order valence-corrected chi connectivity index (χ0v) is 10.9. The zero-order chi connectivity index (χ0) is 13.6. The number of hydrogen-bond acceptors (Lipinski definition) is 3. The van der Waals surface area contributed by atoms with Crippen LogP contribution in [0.2, 0.25) is 0 Å². The van der Waals surface area contributed by atoms with Crippen molar-refractivity contribution in [3.05, 3.63) is 29.8 Å². The van der Waals surface area contributed by atoms with Gasteiger partial charge in [-0.3, -0.25) is 0 Å². The average molecular weight is 260 g/mol. The fourth-order valence-electron chi connectivity index (χ4n) is 1.09. The number of aryl methyl sites for hydroxylation is 1. The van der Waals surface area contributed by atoms with Crippen molar-refractivity contribution in [1.29, 1.82) is 0 Å². The first-order valence-corrected chi connectivity index (χ1v) is 6.53. The van der Waals surface area contributed by atoms with E-state index in [1.54, 1.807) is 19.1 Å². The molecule has 92 valence electrons. The van der Waals surface area contributed by atoms with Gasteiger partial charge in [0, 0.05) is 0 Å². The molecule has 0 amide bonds. The first-order chi connectivity index (χ1) is 8.49. The van der Waals surface area contributed by atoms with Gasteiger partial charge in [0.25, 0.3) is 10.0 Å². The molecular formula is C13H12N2O2S. The molecule has 1 rings (SSSR count). The van der Waals surface area contributed by atoms with E-state index in [1.165, 1.54) is 12.1 Å². The first-order valence-electron chi connectivity index (χ1n) is 5.05. The number of sulfonamides is 1.